The number of aryl methyl sites for hydroxylation is 2. The Balaban J connectivity index is 2.19. The van der Waals surface area contributed by atoms with Gasteiger partial charge in [-0.3, -0.25) is 4.98 Å². The van der Waals surface area contributed by atoms with Crippen LogP contribution in [0.4, 0.5) is 0 Å². The lowest BCUT2D eigenvalue weighted by molar-refractivity contribution is 0.444. The highest BCUT2D eigenvalue weighted by atomic mass is 16.5. The summed E-state index contributed by atoms with van der Waals surface area (Å²) < 4.78 is 6.00. The van der Waals surface area contributed by atoms with Gasteiger partial charge >= 0.3 is 0 Å². The van der Waals surface area contributed by atoms with Crippen molar-refractivity contribution in [3.63, 3.8) is 0 Å². The SMILES string of the molecule is CCCNCc1cccnc1Oc1ccc(C)nc1CC. The van der Waals surface area contributed by atoms with Gasteiger partial charge in [-0.05, 0) is 44.5 Å². The third-order valence-corrected chi connectivity index (χ3v) is 3.21. The van der Waals surface area contributed by atoms with E-state index in [0.29, 0.717) is 5.88 Å². The van der Waals surface area contributed by atoms with Gasteiger partial charge in [0.15, 0.2) is 5.75 Å². The van der Waals surface area contributed by atoms with Crippen molar-refractivity contribution in [2.24, 2.45) is 0 Å². The van der Waals surface area contributed by atoms with Crippen LogP contribution in [0.1, 0.15) is 37.2 Å². The van der Waals surface area contributed by atoms with Gasteiger partial charge in [-0.25, -0.2) is 4.98 Å². The lowest BCUT2D eigenvalue weighted by Crippen LogP contribution is -2.14. The van der Waals surface area contributed by atoms with Crippen LogP contribution in [0.5, 0.6) is 11.6 Å². The van der Waals surface area contributed by atoms with Crippen LogP contribution in [-0.4, -0.2) is 16.5 Å². The first-order valence-electron chi connectivity index (χ1n) is 7.53. The van der Waals surface area contributed by atoms with E-state index in [1.807, 2.05) is 31.2 Å². The number of rotatable bonds is 7. The van der Waals surface area contributed by atoms with Crippen LogP contribution in [-0.2, 0) is 13.0 Å². The average Bonchev–Trinajstić information content (AvgIpc) is 2.51. The second-order valence-electron chi connectivity index (χ2n) is 5.00. The number of pyridine rings is 2. The molecule has 2 aromatic rings. The second kappa shape index (κ2) is 7.74. The average molecular weight is 285 g/mol. The minimum atomic E-state index is 0.654. The first-order chi connectivity index (χ1) is 10.2. The number of aromatic nitrogens is 2. The number of nitrogens with zero attached hydrogens (tertiary/aromatic N) is 2. The maximum absolute atomic E-state index is 6.00. The van der Waals surface area contributed by atoms with Crippen LogP contribution in [0.25, 0.3) is 0 Å². The number of hydrogen-bond donors (Lipinski definition) is 1. The fraction of sp³-hybridized carbons (Fsp3) is 0.412. The van der Waals surface area contributed by atoms with Crippen LogP contribution in [0, 0.1) is 6.92 Å². The summed E-state index contributed by atoms with van der Waals surface area (Å²) in [5, 5.41) is 3.38. The zero-order valence-corrected chi connectivity index (χ0v) is 13.0. The molecule has 0 aromatic carbocycles. The Bertz CT molecular complexity index is 584. The Kier molecular flexibility index (Phi) is 5.69. The number of ether oxygens (including phenoxy) is 1. The summed E-state index contributed by atoms with van der Waals surface area (Å²) in [5.74, 6) is 1.44. The van der Waals surface area contributed by atoms with Gasteiger partial charge < -0.3 is 10.1 Å². The second-order valence-corrected chi connectivity index (χ2v) is 5.00. The van der Waals surface area contributed by atoms with Crippen LogP contribution in [0.2, 0.25) is 0 Å². The summed E-state index contributed by atoms with van der Waals surface area (Å²) >= 11 is 0. The van der Waals surface area contributed by atoms with Crippen LogP contribution < -0.4 is 10.1 Å². The Morgan fingerprint density at radius 2 is 2.05 bits per heavy atom. The van der Waals surface area contributed by atoms with Crippen molar-refractivity contribution in [1.29, 1.82) is 0 Å². The quantitative estimate of drug-likeness (QED) is 0.789. The van der Waals surface area contributed by atoms with E-state index in [4.69, 9.17) is 4.74 Å². The van der Waals surface area contributed by atoms with E-state index in [2.05, 4.69) is 29.1 Å². The van der Waals surface area contributed by atoms with Crippen molar-refractivity contribution in [1.82, 2.24) is 15.3 Å². The molecule has 0 fully saturated rings. The molecular formula is C17H23N3O. The smallest absolute Gasteiger partial charge is 0.223 e. The molecule has 2 aromatic heterocycles. The first kappa shape index (κ1) is 15.4. The van der Waals surface area contributed by atoms with Gasteiger partial charge in [-0.2, -0.15) is 0 Å². The molecule has 0 radical (unpaired) electrons. The molecule has 0 amide bonds. The summed E-state index contributed by atoms with van der Waals surface area (Å²) in [6, 6.07) is 7.91. The summed E-state index contributed by atoms with van der Waals surface area (Å²) in [5.41, 5.74) is 3.03. The highest BCUT2D eigenvalue weighted by Crippen LogP contribution is 2.26. The van der Waals surface area contributed by atoms with E-state index < -0.39 is 0 Å². The predicted molar refractivity (Wildman–Crippen MR) is 84.7 cm³/mol. The largest absolute Gasteiger partial charge is 0.437 e. The molecule has 0 aliphatic heterocycles. The third-order valence-electron chi connectivity index (χ3n) is 3.21. The molecule has 4 nitrogen and oxygen atoms in total. The molecule has 0 bridgehead atoms. The maximum Gasteiger partial charge on any atom is 0.223 e. The minimum Gasteiger partial charge on any atom is -0.437 e. The normalized spacial score (nSPS) is 10.6. The monoisotopic (exact) mass is 285 g/mol. The van der Waals surface area contributed by atoms with E-state index in [1.54, 1.807) is 6.20 Å². The van der Waals surface area contributed by atoms with Crippen molar-refractivity contribution in [2.75, 3.05) is 6.54 Å². The molecule has 2 heterocycles. The highest BCUT2D eigenvalue weighted by molar-refractivity contribution is 5.35. The van der Waals surface area contributed by atoms with Crippen molar-refractivity contribution >= 4 is 0 Å². The van der Waals surface area contributed by atoms with E-state index >= 15 is 0 Å². The van der Waals surface area contributed by atoms with Gasteiger partial charge in [0.05, 0.1) is 5.69 Å². The molecule has 0 saturated carbocycles. The topological polar surface area (TPSA) is 47.0 Å². The van der Waals surface area contributed by atoms with Gasteiger partial charge in [0, 0.05) is 24.0 Å². The number of hydrogen-bond acceptors (Lipinski definition) is 4. The summed E-state index contributed by atoms with van der Waals surface area (Å²) in [4.78, 5) is 8.89. The van der Waals surface area contributed by atoms with Crippen molar-refractivity contribution in [3.05, 3.63) is 47.4 Å². The molecule has 0 aliphatic rings. The molecule has 21 heavy (non-hydrogen) atoms. The standard InChI is InChI=1S/C17H23N3O/c1-4-10-18-12-14-7-6-11-19-17(14)21-16-9-8-13(3)20-15(16)5-2/h6-9,11,18H,4-5,10,12H2,1-3H3. The van der Waals surface area contributed by atoms with E-state index in [9.17, 15) is 0 Å². The fourth-order valence-electron chi connectivity index (χ4n) is 2.10. The van der Waals surface area contributed by atoms with Gasteiger partial charge in [0.1, 0.15) is 0 Å². The van der Waals surface area contributed by atoms with Crippen molar-refractivity contribution < 1.29 is 4.74 Å². The minimum absolute atomic E-state index is 0.654. The van der Waals surface area contributed by atoms with Crippen molar-refractivity contribution in [3.8, 4) is 11.6 Å². The van der Waals surface area contributed by atoms with Gasteiger partial charge in [-0.15, -0.1) is 0 Å². The molecule has 4 heteroatoms. The summed E-state index contributed by atoms with van der Waals surface area (Å²) in [6.07, 6.45) is 3.71. The molecule has 1 N–H and O–H groups in total. The van der Waals surface area contributed by atoms with E-state index in [-0.39, 0.29) is 0 Å². The van der Waals surface area contributed by atoms with Gasteiger partial charge in [-0.1, -0.05) is 19.9 Å². The van der Waals surface area contributed by atoms with Crippen LogP contribution >= 0.6 is 0 Å². The lowest BCUT2D eigenvalue weighted by Gasteiger charge is -2.12. The molecule has 112 valence electrons. The Morgan fingerprint density at radius 1 is 1.19 bits per heavy atom. The van der Waals surface area contributed by atoms with E-state index in [0.717, 1.165) is 48.6 Å². The molecule has 0 saturated heterocycles. The van der Waals surface area contributed by atoms with Crippen LogP contribution in [0.3, 0.4) is 0 Å². The zero-order valence-electron chi connectivity index (χ0n) is 13.0. The Hall–Kier alpha value is -1.94. The van der Waals surface area contributed by atoms with Crippen LogP contribution in [0.15, 0.2) is 30.5 Å². The zero-order chi connectivity index (χ0) is 15.1. The molecule has 0 atom stereocenters. The van der Waals surface area contributed by atoms with Gasteiger partial charge in [0.25, 0.3) is 0 Å². The molecule has 2 rings (SSSR count). The summed E-state index contributed by atoms with van der Waals surface area (Å²) in [7, 11) is 0. The molecule has 0 aliphatic carbocycles. The Labute approximate surface area is 126 Å². The van der Waals surface area contributed by atoms with E-state index in [1.165, 1.54) is 0 Å². The number of nitrogens with one attached hydrogen (secondary N) is 1. The van der Waals surface area contributed by atoms with Gasteiger partial charge in [0.2, 0.25) is 5.88 Å². The lowest BCUT2D eigenvalue weighted by atomic mass is 10.2. The molecular weight excluding hydrogens is 262 g/mol. The molecule has 0 unspecified atom stereocenters. The first-order valence-corrected chi connectivity index (χ1v) is 7.53. The van der Waals surface area contributed by atoms with Crippen molar-refractivity contribution in [2.45, 2.75) is 40.2 Å². The third kappa shape index (κ3) is 4.26. The maximum atomic E-state index is 6.00. The fourth-order valence-corrected chi connectivity index (χ4v) is 2.10. The Morgan fingerprint density at radius 3 is 2.81 bits per heavy atom. The highest BCUT2D eigenvalue weighted by Gasteiger charge is 2.09. The predicted octanol–water partition coefficient (Wildman–Crippen LogP) is 3.64. The summed E-state index contributed by atoms with van der Waals surface area (Å²) in [6.45, 7) is 7.97. The molecule has 0 spiro atoms.